The van der Waals surface area contributed by atoms with Crippen LogP contribution in [-0.2, 0) is 11.0 Å². The Balaban J connectivity index is 3.16. The van der Waals surface area contributed by atoms with Gasteiger partial charge in [0.2, 0.25) is 0 Å². The van der Waals surface area contributed by atoms with Gasteiger partial charge in [-0.05, 0) is 24.3 Å². The first-order valence-corrected chi connectivity index (χ1v) is 3.70. The molecule has 0 saturated heterocycles. The van der Waals surface area contributed by atoms with E-state index in [4.69, 9.17) is 0 Å². The SMILES string of the molecule is O=C/C=C/c1ncccc1C(F)(F)F. The molecule has 0 aliphatic heterocycles. The zero-order valence-electron chi connectivity index (χ0n) is 6.95. The summed E-state index contributed by atoms with van der Waals surface area (Å²) < 4.78 is 36.9. The summed E-state index contributed by atoms with van der Waals surface area (Å²) in [4.78, 5) is 13.5. The van der Waals surface area contributed by atoms with Crippen molar-refractivity contribution in [1.29, 1.82) is 0 Å². The van der Waals surface area contributed by atoms with Gasteiger partial charge in [0.05, 0.1) is 11.3 Å². The lowest BCUT2D eigenvalue weighted by molar-refractivity contribution is -0.138. The summed E-state index contributed by atoms with van der Waals surface area (Å²) in [6.07, 6.45) is -0.821. The summed E-state index contributed by atoms with van der Waals surface area (Å²) in [7, 11) is 0. The molecule has 0 spiro atoms. The van der Waals surface area contributed by atoms with Gasteiger partial charge < -0.3 is 0 Å². The third kappa shape index (κ3) is 2.42. The van der Waals surface area contributed by atoms with E-state index in [2.05, 4.69) is 4.98 Å². The predicted molar refractivity (Wildman–Crippen MR) is 44.3 cm³/mol. The summed E-state index contributed by atoms with van der Waals surface area (Å²) in [6, 6.07) is 2.11. The molecule has 2 nitrogen and oxygen atoms in total. The molecule has 0 N–H and O–H groups in total. The molecule has 74 valence electrons. The van der Waals surface area contributed by atoms with Crippen LogP contribution in [0, 0.1) is 0 Å². The van der Waals surface area contributed by atoms with E-state index in [1.165, 1.54) is 12.3 Å². The second-order valence-electron chi connectivity index (χ2n) is 2.43. The first kappa shape index (κ1) is 10.4. The number of alkyl halides is 3. The molecule has 5 heteroatoms. The highest BCUT2D eigenvalue weighted by Crippen LogP contribution is 2.31. The molecule has 0 fully saturated rings. The maximum atomic E-state index is 12.3. The normalized spacial score (nSPS) is 11.9. The molecule has 0 bridgehead atoms. The fraction of sp³-hybridized carbons (Fsp3) is 0.111. The number of halogens is 3. The van der Waals surface area contributed by atoms with Crippen LogP contribution in [0.15, 0.2) is 24.4 Å². The number of aromatic nitrogens is 1. The minimum atomic E-state index is -4.45. The van der Waals surface area contributed by atoms with Crippen LogP contribution < -0.4 is 0 Å². The van der Waals surface area contributed by atoms with Gasteiger partial charge in [-0.1, -0.05) is 0 Å². The highest BCUT2D eigenvalue weighted by Gasteiger charge is 2.32. The topological polar surface area (TPSA) is 30.0 Å². The molecule has 1 heterocycles. The van der Waals surface area contributed by atoms with Crippen molar-refractivity contribution in [3.05, 3.63) is 35.7 Å². The number of hydrogen-bond donors (Lipinski definition) is 0. The summed E-state index contributed by atoms with van der Waals surface area (Å²) in [5.74, 6) is 0. The molecule has 1 rings (SSSR count). The van der Waals surface area contributed by atoms with E-state index in [-0.39, 0.29) is 5.69 Å². The number of nitrogens with zero attached hydrogens (tertiary/aromatic N) is 1. The van der Waals surface area contributed by atoms with Crippen LogP contribution in [-0.4, -0.2) is 11.3 Å². The highest BCUT2D eigenvalue weighted by molar-refractivity contribution is 5.73. The third-order valence-electron chi connectivity index (χ3n) is 1.48. The Labute approximate surface area is 78.1 Å². The molecule has 0 aliphatic rings. The monoisotopic (exact) mass is 201 g/mol. The van der Waals surface area contributed by atoms with E-state index in [0.29, 0.717) is 6.29 Å². The smallest absolute Gasteiger partial charge is 0.299 e. The first-order valence-electron chi connectivity index (χ1n) is 3.70. The number of hydrogen-bond acceptors (Lipinski definition) is 2. The van der Waals surface area contributed by atoms with Gasteiger partial charge in [0.25, 0.3) is 0 Å². The second-order valence-corrected chi connectivity index (χ2v) is 2.43. The van der Waals surface area contributed by atoms with Crippen LogP contribution in [0.2, 0.25) is 0 Å². The van der Waals surface area contributed by atoms with E-state index >= 15 is 0 Å². The second kappa shape index (κ2) is 4.04. The molecule has 1 aromatic heterocycles. The van der Waals surface area contributed by atoms with Crippen molar-refractivity contribution in [3.8, 4) is 0 Å². The van der Waals surface area contributed by atoms with E-state index < -0.39 is 11.7 Å². The van der Waals surface area contributed by atoms with Crippen LogP contribution in [0.4, 0.5) is 13.2 Å². The van der Waals surface area contributed by atoms with Crippen LogP contribution in [0.3, 0.4) is 0 Å². The van der Waals surface area contributed by atoms with Crippen LogP contribution >= 0.6 is 0 Å². The average molecular weight is 201 g/mol. The van der Waals surface area contributed by atoms with Gasteiger partial charge in [-0.2, -0.15) is 13.2 Å². The zero-order chi connectivity index (χ0) is 10.6. The minimum absolute atomic E-state index is 0.257. The van der Waals surface area contributed by atoms with Crippen molar-refractivity contribution in [2.24, 2.45) is 0 Å². The van der Waals surface area contributed by atoms with Crippen molar-refractivity contribution in [3.63, 3.8) is 0 Å². The van der Waals surface area contributed by atoms with E-state index in [9.17, 15) is 18.0 Å². The average Bonchev–Trinajstić information content (AvgIpc) is 2.14. The van der Waals surface area contributed by atoms with Gasteiger partial charge in [-0.25, -0.2) is 0 Å². The Morgan fingerprint density at radius 3 is 2.64 bits per heavy atom. The summed E-state index contributed by atoms with van der Waals surface area (Å²) in [5.41, 5.74) is -1.11. The molecule has 0 aliphatic carbocycles. The van der Waals surface area contributed by atoms with E-state index in [1.807, 2.05) is 0 Å². The molecule has 14 heavy (non-hydrogen) atoms. The number of carbonyl (C=O) groups is 1. The Kier molecular flexibility index (Phi) is 3.01. The van der Waals surface area contributed by atoms with Crippen LogP contribution in [0.25, 0.3) is 6.08 Å². The maximum Gasteiger partial charge on any atom is 0.418 e. The van der Waals surface area contributed by atoms with E-state index in [1.54, 1.807) is 0 Å². The largest absolute Gasteiger partial charge is 0.418 e. The quantitative estimate of drug-likeness (QED) is 0.542. The van der Waals surface area contributed by atoms with Gasteiger partial charge in [0.1, 0.15) is 6.29 Å². The minimum Gasteiger partial charge on any atom is -0.299 e. The Hall–Kier alpha value is -1.65. The van der Waals surface area contributed by atoms with Crippen molar-refractivity contribution >= 4 is 12.4 Å². The van der Waals surface area contributed by atoms with Crippen molar-refractivity contribution in [2.45, 2.75) is 6.18 Å². The van der Waals surface area contributed by atoms with E-state index in [0.717, 1.165) is 18.2 Å². The number of carbonyl (C=O) groups excluding carboxylic acids is 1. The summed E-state index contributed by atoms with van der Waals surface area (Å²) >= 11 is 0. The molecule has 0 radical (unpaired) electrons. The predicted octanol–water partition coefficient (Wildman–Crippen LogP) is 2.31. The molecule has 1 aromatic rings. The molecular formula is C9H6F3NO. The highest BCUT2D eigenvalue weighted by atomic mass is 19.4. The van der Waals surface area contributed by atoms with Gasteiger partial charge >= 0.3 is 6.18 Å². The van der Waals surface area contributed by atoms with Gasteiger partial charge in [-0.3, -0.25) is 9.78 Å². The number of rotatable bonds is 2. The Bertz CT molecular complexity index is 357. The van der Waals surface area contributed by atoms with Gasteiger partial charge in [0, 0.05) is 6.20 Å². The fourth-order valence-corrected chi connectivity index (χ4v) is 0.920. The first-order chi connectivity index (χ1) is 6.55. The Morgan fingerprint density at radius 1 is 1.36 bits per heavy atom. The standard InChI is InChI=1S/C9H6F3NO/c10-9(11,12)7-3-1-5-13-8(7)4-2-6-14/h1-6H/b4-2+. The molecular weight excluding hydrogens is 195 g/mol. The molecule has 0 saturated carbocycles. The lowest BCUT2D eigenvalue weighted by Gasteiger charge is -2.08. The summed E-state index contributed by atoms with van der Waals surface area (Å²) in [5, 5.41) is 0. The summed E-state index contributed by atoms with van der Waals surface area (Å²) in [6.45, 7) is 0. The fourth-order valence-electron chi connectivity index (χ4n) is 0.920. The van der Waals surface area contributed by atoms with Gasteiger partial charge in [0.15, 0.2) is 0 Å². The molecule has 0 amide bonds. The van der Waals surface area contributed by atoms with Crippen LogP contribution in [0.5, 0.6) is 0 Å². The third-order valence-corrected chi connectivity index (χ3v) is 1.48. The number of aldehydes is 1. The molecule has 0 atom stereocenters. The Morgan fingerprint density at radius 2 is 2.07 bits per heavy atom. The zero-order valence-corrected chi connectivity index (χ0v) is 6.95. The lowest BCUT2D eigenvalue weighted by atomic mass is 10.2. The lowest BCUT2D eigenvalue weighted by Crippen LogP contribution is -2.08. The van der Waals surface area contributed by atoms with Gasteiger partial charge in [-0.15, -0.1) is 0 Å². The van der Waals surface area contributed by atoms with Crippen molar-refractivity contribution in [2.75, 3.05) is 0 Å². The van der Waals surface area contributed by atoms with Crippen molar-refractivity contribution in [1.82, 2.24) is 4.98 Å². The maximum absolute atomic E-state index is 12.3. The molecule has 0 unspecified atom stereocenters. The van der Waals surface area contributed by atoms with Crippen molar-refractivity contribution < 1.29 is 18.0 Å². The van der Waals surface area contributed by atoms with Crippen LogP contribution in [0.1, 0.15) is 11.3 Å². The molecule has 0 aromatic carbocycles. The number of allylic oxidation sites excluding steroid dienone is 1. The number of pyridine rings is 1.